The van der Waals surface area contributed by atoms with Crippen LogP contribution in [0.25, 0.3) is 10.3 Å². The average Bonchev–Trinajstić information content (AvgIpc) is 3.21. The van der Waals surface area contributed by atoms with E-state index in [-0.39, 0.29) is 17.0 Å². The van der Waals surface area contributed by atoms with Crippen LogP contribution in [0.4, 0.5) is 10.8 Å². The zero-order valence-corrected chi connectivity index (χ0v) is 17.7. The van der Waals surface area contributed by atoms with Gasteiger partial charge in [0, 0.05) is 5.69 Å². The van der Waals surface area contributed by atoms with Gasteiger partial charge in [-0.05, 0) is 29.8 Å². The molecule has 0 saturated carbocycles. The summed E-state index contributed by atoms with van der Waals surface area (Å²) in [5.74, 6) is 0.286. The van der Waals surface area contributed by atoms with Crippen molar-refractivity contribution >= 4 is 32.5 Å². The molecule has 5 rings (SSSR count). The fourth-order valence-corrected chi connectivity index (χ4v) is 4.66. The number of hydrogen-bond acceptors (Lipinski definition) is 8. The summed E-state index contributed by atoms with van der Waals surface area (Å²) in [5.41, 5.74) is 8.23. The van der Waals surface area contributed by atoms with Crippen LogP contribution in [-0.2, 0) is 0 Å². The molecule has 1 aliphatic rings. The number of anilines is 2. The minimum Gasteiger partial charge on any atom is -0.497 e. The second-order valence-corrected chi connectivity index (χ2v) is 8.08. The van der Waals surface area contributed by atoms with E-state index in [1.165, 1.54) is 11.3 Å². The lowest BCUT2D eigenvalue weighted by molar-refractivity contribution is 0.397. The van der Waals surface area contributed by atoms with Crippen molar-refractivity contribution in [2.75, 3.05) is 12.4 Å². The van der Waals surface area contributed by atoms with E-state index in [4.69, 9.17) is 15.2 Å². The molecule has 9 heteroatoms. The lowest BCUT2D eigenvalue weighted by Gasteiger charge is -2.25. The van der Waals surface area contributed by atoms with Crippen molar-refractivity contribution in [3.8, 4) is 17.6 Å². The molecule has 1 aliphatic heterocycles. The molecule has 1 atom stereocenters. The Bertz CT molecular complexity index is 1450. The maximum absolute atomic E-state index is 13.1. The number of rotatable bonds is 4. The quantitative estimate of drug-likeness (QED) is 0.436. The molecule has 0 radical (unpaired) electrons. The molecule has 0 aliphatic carbocycles. The molecular formula is C23H17N5O3S. The summed E-state index contributed by atoms with van der Waals surface area (Å²) in [7, 11) is 1.57. The monoisotopic (exact) mass is 443 g/mol. The smallest absolute Gasteiger partial charge is 0.257 e. The van der Waals surface area contributed by atoms with E-state index in [1.54, 1.807) is 19.2 Å². The molecule has 4 N–H and O–H groups in total. The summed E-state index contributed by atoms with van der Waals surface area (Å²) in [6.07, 6.45) is 0. The fraction of sp³-hybridized carbons (Fsp3) is 0.0870. The standard InChI is InChI=1S/C23H17N5O3S/c1-30-14-9-7-12(8-10-14)16-15(11-24)20(25)31-18-17(16)22(29)27-21-19(18)32-23(28-21)26-13-5-3-2-4-6-13/h2-10,16H,25H2,1H3,(H2,26,27,28,29). The predicted molar refractivity (Wildman–Crippen MR) is 122 cm³/mol. The highest BCUT2D eigenvalue weighted by atomic mass is 32.1. The first-order valence-corrected chi connectivity index (χ1v) is 10.5. The van der Waals surface area contributed by atoms with Gasteiger partial charge in [0.25, 0.3) is 5.56 Å². The molecule has 0 fully saturated rings. The molecule has 2 aromatic carbocycles. The van der Waals surface area contributed by atoms with Crippen molar-refractivity contribution in [3.63, 3.8) is 0 Å². The summed E-state index contributed by atoms with van der Waals surface area (Å²) < 4.78 is 11.7. The van der Waals surface area contributed by atoms with Crippen molar-refractivity contribution in [1.29, 1.82) is 5.26 Å². The van der Waals surface area contributed by atoms with E-state index in [0.717, 1.165) is 11.3 Å². The molecule has 32 heavy (non-hydrogen) atoms. The third-order valence-electron chi connectivity index (χ3n) is 5.20. The number of methoxy groups -OCH3 is 1. The minimum absolute atomic E-state index is 0.0290. The normalized spacial score (nSPS) is 15.1. The van der Waals surface area contributed by atoms with Crippen molar-refractivity contribution in [3.05, 3.63) is 87.5 Å². The number of pyridine rings is 1. The van der Waals surface area contributed by atoms with Gasteiger partial charge >= 0.3 is 0 Å². The highest BCUT2D eigenvalue weighted by Crippen LogP contribution is 2.45. The lowest BCUT2D eigenvalue weighted by Crippen LogP contribution is -2.27. The molecule has 0 bridgehead atoms. The van der Waals surface area contributed by atoms with Gasteiger partial charge in [0.15, 0.2) is 16.5 Å². The molecule has 4 aromatic rings. The van der Waals surface area contributed by atoms with Gasteiger partial charge in [-0.15, -0.1) is 0 Å². The Labute approximate surface area is 186 Å². The average molecular weight is 443 g/mol. The Morgan fingerprint density at radius 1 is 1.22 bits per heavy atom. The maximum Gasteiger partial charge on any atom is 0.257 e. The highest BCUT2D eigenvalue weighted by Gasteiger charge is 2.35. The number of fused-ring (bicyclic) bond motifs is 3. The van der Waals surface area contributed by atoms with E-state index < -0.39 is 5.92 Å². The fourth-order valence-electron chi connectivity index (χ4n) is 3.72. The third kappa shape index (κ3) is 3.23. The van der Waals surface area contributed by atoms with Crippen molar-refractivity contribution in [2.45, 2.75) is 5.92 Å². The van der Waals surface area contributed by atoms with Crippen LogP contribution in [0.2, 0.25) is 0 Å². The van der Waals surface area contributed by atoms with Gasteiger partial charge in [-0.2, -0.15) is 5.26 Å². The van der Waals surface area contributed by atoms with Crippen LogP contribution in [0.15, 0.2) is 70.8 Å². The van der Waals surface area contributed by atoms with Gasteiger partial charge in [-0.1, -0.05) is 41.7 Å². The number of hydrogen-bond donors (Lipinski definition) is 3. The molecule has 0 amide bonds. The Morgan fingerprint density at radius 3 is 2.66 bits per heavy atom. The van der Waals surface area contributed by atoms with Gasteiger partial charge in [0.05, 0.1) is 18.6 Å². The summed E-state index contributed by atoms with van der Waals surface area (Å²) in [4.78, 5) is 20.5. The van der Waals surface area contributed by atoms with Gasteiger partial charge in [-0.3, -0.25) is 4.79 Å². The first-order chi connectivity index (χ1) is 15.6. The Morgan fingerprint density at radius 2 is 1.97 bits per heavy atom. The number of allylic oxidation sites excluding steroid dienone is 1. The summed E-state index contributed by atoms with van der Waals surface area (Å²) in [6, 6.07) is 18.9. The maximum atomic E-state index is 13.1. The molecule has 158 valence electrons. The number of nitrogens with zero attached hydrogens (tertiary/aromatic N) is 2. The van der Waals surface area contributed by atoms with E-state index >= 15 is 0 Å². The molecule has 0 spiro atoms. The number of nitrogens with one attached hydrogen (secondary N) is 2. The van der Waals surface area contributed by atoms with Gasteiger partial charge in [0.2, 0.25) is 5.88 Å². The Balaban J connectivity index is 1.68. The van der Waals surface area contributed by atoms with E-state index in [9.17, 15) is 10.1 Å². The van der Waals surface area contributed by atoms with E-state index in [1.807, 2.05) is 42.5 Å². The van der Waals surface area contributed by atoms with Gasteiger partial charge in [-0.25, -0.2) is 4.98 Å². The number of H-pyrrole nitrogens is 1. The van der Waals surface area contributed by atoms with Gasteiger partial charge in [0.1, 0.15) is 22.1 Å². The number of para-hydroxylation sites is 1. The molecule has 2 aromatic heterocycles. The number of nitriles is 1. The molecule has 3 heterocycles. The van der Waals surface area contributed by atoms with Crippen LogP contribution in [0.1, 0.15) is 17.0 Å². The molecule has 8 nitrogen and oxygen atoms in total. The van der Waals surface area contributed by atoms with Gasteiger partial charge < -0.3 is 25.5 Å². The molecule has 1 unspecified atom stereocenters. The number of aromatic nitrogens is 2. The van der Waals surface area contributed by atoms with Crippen LogP contribution in [0, 0.1) is 11.3 Å². The summed E-state index contributed by atoms with van der Waals surface area (Å²) >= 11 is 1.33. The third-order valence-corrected chi connectivity index (χ3v) is 6.17. The SMILES string of the molecule is COc1ccc(C2C(C#N)=C(N)Oc3c2c(=O)[nH]c2nc(Nc4ccccc4)sc32)cc1. The van der Waals surface area contributed by atoms with Crippen LogP contribution < -0.4 is 26.1 Å². The molecule has 0 saturated heterocycles. The number of aromatic amines is 1. The first kappa shape index (κ1) is 19.7. The first-order valence-electron chi connectivity index (χ1n) is 9.69. The van der Waals surface area contributed by atoms with E-state index in [0.29, 0.717) is 32.5 Å². The molecular weight excluding hydrogens is 426 g/mol. The van der Waals surface area contributed by atoms with Crippen molar-refractivity contribution in [1.82, 2.24) is 9.97 Å². The predicted octanol–water partition coefficient (Wildman–Crippen LogP) is 3.95. The second kappa shape index (κ2) is 7.76. The zero-order chi connectivity index (χ0) is 22.2. The second-order valence-electron chi connectivity index (χ2n) is 7.08. The minimum atomic E-state index is -0.671. The number of benzene rings is 2. The summed E-state index contributed by atoms with van der Waals surface area (Å²) in [5, 5.41) is 13.6. The van der Waals surface area contributed by atoms with Crippen LogP contribution in [0.5, 0.6) is 11.5 Å². The highest BCUT2D eigenvalue weighted by molar-refractivity contribution is 7.22. The van der Waals surface area contributed by atoms with Crippen molar-refractivity contribution in [2.24, 2.45) is 5.73 Å². The number of ether oxygens (including phenoxy) is 2. The Kier molecular flexibility index (Phi) is 4.77. The summed E-state index contributed by atoms with van der Waals surface area (Å²) in [6.45, 7) is 0. The van der Waals surface area contributed by atoms with Crippen LogP contribution in [-0.4, -0.2) is 17.1 Å². The van der Waals surface area contributed by atoms with E-state index in [2.05, 4.69) is 21.4 Å². The van der Waals surface area contributed by atoms with Crippen molar-refractivity contribution < 1.29 is 9.47 Å². The number of nitrogens with two attached hydrogens (primary N) is 1. The topological polar surface area (TPSA) is 126 Å². The Hall–Kier alpha value is -4.29. The largest absolute Gasteiger partial charge is 0.497 e. The van der Waals surface area contributed by atoms with Crippen LogP contribution >= 0.6 is 11.3 Å². The van der Waals surface area contributed by atoms with Crippen LogP contribution in [0.3, 0.4) is 0 Å². The zero-order valence-electron chi connectivity index (χ0n) is 16.9. The lowest BCUT2D eigenvalue weighted by atomic mass is 9.84. The number of thiazole rings is 1.